The second-order valence-corrected chi connectivity index (χ2v) is 21.5. The Kier molecular flexibility index (Phi) is 43.2. The predicted molar refractivity (Wildman–Crippen MR) is 294 cm³/mol. The summed E-state index contributed by atoms with van der Waals surface area (Å²) in [5, 5.41) is 72.3. The molecule has 15 heteroatoms. The molecule has 2 heterocycles. The molecule has 7 N–H and O–H groups in total. The lowest BCUT2D eigenvalue weighted by molar-refractivity contribution is -0.332. The van der Waals surface area contributed by atoms with Gasteiger partial charge in [0.2, 0.25) is 0 Å². The van der Waals surface area contributed by atoms with E-state index in [4.69, 9.17) is 28.4 Å². The Morgan fingerprint density at radius 3 is 1.25 bits per heavy atom. The third-order valence-corrected chi connectivity index (χ3v) is 14.7. The molecule has 2 saturated heterocycles. The number of aliphatic hydroxyl groups is 7. The van der Waals surface area contributed by atoms with Gasteiger partial charge in [-0.3, -0.25) is 9.59 Å². The average Bonchev–Trinajstić information content (AvgIpc) is 3.40. The van der Waals surface area contributed by atoms with Crippen LogP contribution in [0.5, 0.6) is 0 Å². The smallest absolute Gasteiger partial charge is 0.306 e. The Morgan fingerprint density at radius 2 is 0.787 bits per heavy atom. The number of hydrogen-bond acceptors (Lipinski definition) is 15. The van der Waals surface area contributed by atoms with Crippen molar-refractivity contribution in [3.05, 3.63) is 24.3 Å². The first-order valence-electron chi connectivity index (χ1n) is 30.4. The van der Waals surface area contributed by atoms with Crippen molar-refractivity contribution in [3.63, 3.8) is 0 Å². The van der Waals surface area contributed by atoms with Gasteiger partial charge in [0.05, 0.1) is 19.8 Å². The summed E-state index contributed by atoms with van der Waals surface area (Å²) in [6.45, 7) is 2.61. The van der Waals surface area contributed by atoms with E-state index in [1.165, 1.54) is 167 Å². The fourth-order valence-corrected chi connectivity index (χ4v) is 9.71. The maximum absolute atomic E-state index is 13.1. The van der Waals surface area contributed by atoms with Crippen LogP contribution in [-0.2, 0) is 38.0 Å². The molecule has 0 radical (unpaired) electrons. The zero-order chi connectivity index (χ0) is 54.6. The van der Waals surface area contributed by atoms with E-state index in [-0.39, 0.29) is 26.1 Å². The van der Waals surface area contributed by atoms with E-state index in [1.54, 1.807) is 0 Å². The van der Waals surface area contributed by atoms with E-state index in [0.29, 0.717) is 19.3 Å². The minimum absolute atomic E-state index is 0.162. The predicted octanol–water partition coefficient (Wildman–Crippen LogP) is 10.7. The number of esters is 2. The van der Waals surface area contributed by atoms with E-state index in [2.05, 4.69) is 38.2 Å². The molecule has 4 unspecified atom stereocenters. The van der Waals surface area contributed by atoms with E-state index in [9.17, 15) is 45.3 Å². The third kappa shape index (κ3) is 33.9. The van der Waals surface area contributed by atoms with E-state index in [1.807, 2.05) is 0 Å². The summed E-state index contributed by atoms with van der Waals surface area (Å²) in [5.74, 6) is -0.960. The first kappa shape index (κ1) is 69.1. The monoisotopic (exact) mass is 1070 g/mol. The zero-order valence-electron chi connectivity index (χ0n) is 47.0. The molecule has 15 nitrogen and oxygen atoms in total. The molecule has 0 aromatic carbocycles. The molecular formula is C60H110O15. The highest BCUT2D eigenvalue weighted by Gasteiger charge is 2.47. The van der Waals surface area contributed by atoms with Gasteiger partial charge in [-0.1, -0.05) is 218 Å². The first-order valence-corrected chi connectivity index (χ1v) is 30.4. The van der Waals surface area contributed by atoms with Crippen LogP contribution in [0.25, 0.3) is 0 Å². The molecule has 0 aromatic heterocycles. The van der Waals surface area contributed by atoms with Gasteiger partial charge in [0.1, 0.15) is 55.4 Å². The van der Waals surface area contributed by atoms with Crippen molar-refractivity contribution in [2.45, 2.75) is 319 Å². The topological polar surface area (TPSA) is 231 Å². The fraction of sp³-hybridized carbons (Fsp3) is 0.900. The Morgan fingerprint density at radius 1 is 0.413 bits per heavy atom. The Labute approximate surface area is 453 Å². The van der Waals surface area contributed by atoms with Gasteiger partial charge in [-0.2, -0.15) is 0 Å². The molecule has 0 saturated carbocycles. The second kappa shape index (κ2) is 46.9. The summed E-state index contributed by atoms with van der Waals surface area (Å²) in [6, 6.07) is 0. The number of allylic oxidation sites excluding steroid dienone is 4. The molecule has 0 aromatic rings. The maximum Gasteiger partial charge on any atom is 0.306 e. The normalized spacial score (nSPS) is 24.6. The molecule has 2 fully saturated rings. The van der Waals surface area contributed by atoms with Crippen LogP contribution in [0.3, 0.4) is 0 Å². The number of carbonyl (C=O) groups is 2. The van der Waals surface area contributed by atoms with E-state index >= 15 is 0 Å². The molecule has 0 spiro atoms. The Bertz CT molecular complexity index is 1400. The molecule has 11 atom stereocenters. The highest BCUT2D eigenvalue weighted by molar-refractivity contribution is 5.70. The quantitative estimate of drug-likeness (QED) is 0.0171. The van der Waals surface area contributed by atoms with Gasteiger partial charge in [-0.05, 0) is 44.9 Å². The van der Waals surface area contributed by atoms with Gasteiger partial charge < -0.3 is 64.2 Å². The zero-order valence-corrected chi connectivity index (χ0v) is 47.0. The summed E-state index contributed by atoms with van der Waals surface area (Å²) >= 11 is 0. The number of aliphatic hydroxyl groups excluding tert-OH is 7. The van der Waals surface area contributed by atoms with Crippen LogP contribution in [0.4, 0.5) is 0 Å². The summed E-state index contributed by atoms with van der Waals surface area (Å²) < 4.78 is 33.7. The lowest BCUT2D eigenvalue weighted by atomic mass is 9.98. The highest BCUT2D eigenvalue weighted by Crippen LogP contribution is 2.27. The number of ether oxygens (including phenoxy) is 6. The van der Waals surface area contributed by atoms with Gasteiger partial charge in [0, 0.05) is 12.8 Å². The van der Waals surface area contributed by atoms with E-state index in [0.717, 1.165) is 38.5 Å². The largest absolute Gasteiger partial charge is 0.462 e. The van der Waals surface area contributed by atoms with Gasteiger partial charge in [0.15, 0.2) is 18.7 Å². The standard InChI is InChI=1S/C60H110O15/c1-3-5-7-9-11-13-15-17-19-21-22-23-24-25-26-27-29-30-32-34-36-38-40-42-51(62)70-45-48(73-52(63)43-41-39-37-35-33-31-28-20-18-16-14-12-10-8-6-4-2)46-71-59-58(69)56(67)54(65)50(75-59)47-72-60-57(68)55(66)53(64)49(44-61)74-60/h27,29,34,36,48-50,53-61,64-69H,3-26,28,30-33,35,37-47H2,1-2H3/b29-27+,36-34+/t48-,49+,50+,53-,54-,55?,56?,57?,58?,59+,60+/m0/s1. The molecule has 2 aliphatic rings. The number of rotatable bonds is 49. The second-order valence-electron chi connectivity index (χ2n) is 21.5. The molecule has 0 amide bonds. The lowest BCUT2D eigenvalue weighted by Gasteiger charge is -2.42. The van der Waals surface area contributed by atoms with Crippen LogP contribution >= 0.6 is 0 Å². The highest BCUT2D eigenvalue weighted by atomic mass is 16.7. The van der Waals surface area contributed by atoms with Crippen LogP contribution in [0.15, 0.2) is 24.3 Å². The van der Waals surface area contributed by atoms with Crippen LogP contribution in [0.1, 0.15) is 251 Å². The SMILES string of the molecule is CCCCCCCCCCCCCCCC/C=C/CC/C=C/CCCC(=O)OC[C@@H](CO[C@@H]1O[C@H](CO[C@@H]2O[C@H](CO)[C@H](O)C(O)C2O)[C@H](O)C(O)C1O)OC(=O)CCCCCCCCCCCCCCCCCC. The van der Waals surface area contributed by atoms with Crippen molar-refractivity contribution in [1.82, 2.24) is 0 Å². The van der Waals surface area contributed by atoms with E-state index < -0.39 is 92.7 Å². The van der Waals surface area contributed by atoms with Gasteiger partial charge in [0.25, 0.3) is 0 Å². The van der Waals surface area contributed by atoms with Crippen LogP contribution in [-0.4, -0.2) is 142 Å². The molecule has 440 valence electrons. The average molecular weight is 1070 g/mol. The molecule has 2 rings (SSSR count). The summed E-state index contributed by atoms with van der Waals surface area (Å²) in [7, 11) is 0. The van der Waals surface area contributed by atoms with Crippen molar-refractivity contribution in [1.29, 1.82) is 0 Å². The Balaban J connectivity index is 1.74. The minimum Gasteiger partial charge on any atom is -0.462 e. The summed E-state index contributed by atoms with van der Waals surface area (Å²) in [4.78, 5) is 25.9. The maximum atomic E-state index is 13.1. The van der Waals surface area contributed by atoms with Crippen LogP contribution < -0.4 is 0 Å². The fourth-order valence-electron chi connectivity index (χ4n) is 9.71. The minimum atomic E-state index is -1.77. The third-order valence-electron chi connectivity index (χ3n) is 14.7. The van der Waals surface area contributed by atoms with Crippen molar-refractivity contribution >= 4 is 11.9 Å². The first-order chi connectivity index (χ1) is 36.5. The van der Waals surface area contributed by atoms with Crippen LogP contribution in [0.2, 0.25) is 0 Å². The molecule has 2 aliphatic heterocycles. The molecule has 0 aliphatic carbocycles. The van der Waals surface area contributed by atoms with Crippen molar-refractivity contribution in [2.24, 2.45) is 0 Å². The lowest BCUT2D eigenvalue weighted by Crippen LogP contribution is -2.61. The molecule has 75 heavy (non-hydrogen) atoms. The van der Waals surface area contributed by atoms with Gasteiger partial charge >= 0.3 is 11.9 Å². The summed E-state index contributed by atoms with van der Waals surface area (Å²) in [6.07, 6.45) is 35.0. The number of hydrogen-bond donors (Lipinski definition) is 7. The van der Waals surface area contributed by atoms with Crippen molar-refractivity contribution in [2.75, 3.05) is 26.4 Å². The molecular weight excluding hydrogens is 961 g/mol. The summed E-state index contributed by atoms with van der Waals surface area (Å²) in [5.41, 5.74) is 0. The number of unbranched alkanes of at least 4 members (excludes halogenated alkanes) is 31. The van der Waals surface area contributed by atoms with Crippen molar-refractivity contribution in [3.8, 4) is 0 Å². The van der Waals surface area contributed by atoms with Crippen LogP contribution in [0, 0.1) is 0 Å². The van der Waals surface area contributed by atoms with Gasteiger partial charge in [-0.25, -0.2) is 0 Å². The van der Waals surface area contributed by atoms with Gasteiger partial charge in [-0.15, -0.1) is 0 Å². The number of carbonyl (C=O) groups excluding carboxylic acids is 2. The van der Waals surface area contributed by atoms with Crippen molar-refractivity contribution < 1.29 is 73.8 Å². The Hall–Kier alpha value is -2.02. The molecule has 0 bridgehead atoms.